The number of rotatable bonds is 16. The molecule has 30 heavy (non-hydrogen) atoms. The van der Waals surface area contributed by atoms with Gasteiger partial charge in [0.05, 0.1) is 11.5 Å². The van der Waals surface area contributed by atoms with Gasteiger partial charge in [-0.3, -0.25) is 10.1 Å². The van der Waals surface area contributed by atoms with Gasteiger partial charge in [0.15, 0.2) is 5.75 Å². The maximum absolute atomic E-state index is 11.0. The molecule has 2 aromatic carbocycles. The monoisotopic (exact) mass is 411 g/mol. The van der Waals surface area contributed by atoms with Gasteiger partial charge in [0.2, 0.25) is 0 Å². The summed E-state index contributed by atoms with van der Waals surface area (Å²) < 4.78 is 5.58. The van der Waals surface area contributed by atoms with Crippen molar-refractivity contribution in [3.8, 4) is 5.75 Å². The van der Waals surface area contributed by atoms with Crippen molar-refractivity contribution >= 4 is 5.69 Å². The summed E-state index contributed by atoms with van der Waals surface area (Å²) in [6, 6.07) is 15.7. The second kappa shape index (κ2) is 14.6. The van der Waals surface area contributed by atoms with Crippen LogP contribution in [0.5, 0.6) is 5.75 Å². The molecule has 0 fully saturated rings. The van der Waals surface area contributed by atoms with E-state index in [0.717, 1.165) is 19.3 Å². The Morgan fingerprint density at radius 2 is 1.27 bits per heavy atom. The van der Waals surface area contributed by atoms with E-state index < -0.39 is 0 Å². The molecule has 2 aromatic rings. The minimum atomic E-state index is -0.390. The molecular weight excluding hydrogens is 374 g/mol. The molecule has 0 N–H and O–H groups in total. The molecule has 0 saturated carbocycles. The Labute approximate surface area is 181 Å². The summed E-state index contributed by atoms with van der Waals surface area (Å²) in [5, 5.41) is 11.0. The predicted molar refractivity (Wildman–Crippen MR) is 124 cm³/mol. The van der Waals surface area contributed by atoms with E-state index in [9.17, 15) is 10.1 Å². The van der Waals surface area contributed by atoms with Crippen LogP contribution in [0.25, 0.3) is 0 Å². The van der Waals surface area contributed by atoms with Crippen molar-refractivity contribution in [3.05, 3.63) is 69.8 Å². The standard InChI is InChI=1S/C26H37NO3/c1-2-23-18-20-24(21-19-23)15-11-9-7-5-3-4-6-8-10-14-22-30-26-17-13-12-16-25(26)27(28)29/h12-13,16-21H,2-11,14-15,22H2,1H3. The van der Waals surface area contributed by atoms with Gasteiger partial charge >= 0.3 is 5.69 Å². The molecule has 2 rings (SSSR count). The first-order valence-electron chi connectivity index (χ1n) is 11.6. The summed E-state index contributed by atoms with van der Waals surface area (Å²) in [4.78, 5) is 10.6. The fraction of sp³-hybridized carbons (Fsp3) is 0.538. The van der Waals surface area contributed by atoms with Crippen LogP contribution in [0.2, 0.25) is 0 Å². The zero-order valence-electron chi connectivity index (χ0n) is 18.5. The lowest BCUT2D eigenvalue weighted by Gasteiger charge is -2.06. The first-order chi connectivity index (χ1) is 14.7. The number of ether oxygens (including phenoxy) is 1. The molecule has 4 nitrogen and oxygen atoms in total. The topological polar surface area (TPSA) is 52.4 Å². The van der Waals surface area contributed by atoms with Crippen LogP contribution in [0.1, 0.15) is 82.3 Å². The van der Waals surface area contributed by atoms with E-state index in [4.69, 9.17) is 4.74 Å². The molecule has 0 aliphatic carbocycles. The normalized spacial score (nSPS) is 10.8. The smallest absolute Gasteiger partial charge is 0.310 e. The molecule has 0 aliphatic heterocycles. The van der Waals surface area contributed by atoms with Crippen molar-refractivity contribution < 1.29 is 9.66 Å². The summed E-state index contributed by atoms with van der Waals surface area (Å²) in [5.41, 5.74) is 2.94. The molecule has 4 heteroatoms. The Morgan fingerprint density at radius 1 is 0.733 bits per heavy atom. The number of unbranched alkanes of at least 4 members (excludes halogenated alkanes) is 9. The maximum Gasteiger partial charge on any atom is 0.310 e. The lowest BCUT2D eigenvalue weighted by molar-refractivity contribution is -0.385. The molecule has 0 bridgehead atoms. The number of aryl methyl sites for hydroxylation is 2. The number of para-hydroxylation sites is 2. The van der Waals surface area contributed by atoms with Gasteiger partial charge in [-0.1, -0.05) is 94.7 Å². The number of nitrogens with zero attached hydrogens (tertiary/aromatic N) is 1. The van der Waals surface area contributed by atoms with E-state index in [2.05, 4.69) is 31.2 Å². The van der Waals surface area contributed by atoms with E-state index in [1.165, 1.54) is 75.0 Å². The third-order valence-corrected chi connectivity index (χ3v) is 5.61. The van der Waals surface area contributed by atoms with Crippen molar-refractivity contribution in [2.75, 3.05) is 6.61 Å². The number of hydrogen-bond acceptors (Lipinski definition) is 3. The number of benzene rings is 2. The van der Waals surface area contributed by atoms with Crippen LogP contribution in [0.3, 0.4) is 0 Å². The average Bonchev–Trinajstić information content (AvgIpc) is 2.77. The third kappa shape index (κ3) is 9.43. The van der Waals surface area contributed by atoms with Crippen LogP contribution >= 0.6 is 0 Å². The molecule has 0 unspecified atom stereocenters. The molecule has 0 amide bonds. The van der Waals surface area contributed by atoms with Gasteiger partial charge in [-0.25, -0.2) is 0 Å². The van der Waals surface area contributed by atoms with Gasteiger partial charge in [0.1, 0.15) is 0 Å². The van der Waals surface area contributed by atoms with Crippen molar-refractivity contribution in [3.63, 3.8) is 0 Å². The Balaban J connectivity index is 1.38. The van der Waals surface area contributed by atoms with E-state index in [1.54, 1.807) is 18.2 Å². The van der Waals surface area contributed by atoms with Gasteiger partial charge in [-0.05, 0) is 42.9 Å². The van der Waals surface area contributed by atoms with E-state index in [0.29, 0.717) is 12.4 Å². The maximum atomic E-state index is 11.0. The Morgan fingerprint density at radius 3 is 1.87 bits per heavy atom. The van der Waals surface area contributed by atoms with Crippen LogP contribution in [-0.2, 0) is 12.8 Å². The second-order valence-corrected chi connectivity index (χ2v) is 8.03. The highest BCUT2D eigenvalue weighted by atomic mass is 16.6. The third-order valence-electron chi connectivity index (χ3n) is 5.61. The molecule has 0 saturated heterocycles. The molecule has 164 valence electrons. The first-order valence-corrected chi connectivity index (χ1v) is 11.6. The minimum absolute atomic E-state index is 0.0481. The van der Waals surface area contributed by atoms with Gasteiger partial charge in [0, 0.05) is 6.07 Å². The predicted octanol–water partition coefficient (Wildman–Crippen LogP) is 7.68. The molecule has 0 atom stereocenters. The lowest BCUT2D eigenvalue weighted by atomic mass is 10.0. The average molecular weight is 412 g/mol. The van der Waals surface area contributed by atoms with Crippen LogP contribution in [0, 0.1) is 10.1 Å². The molecule has 0 aromatic heterocycles. The Hall–Kier alpha value is -2.36. The highest BCUT2D eigenvalue weighted by molar-refractivity contribution is 5.45. The van der Waals surface area contributed by atoms with Gasteiger partial charge in [0.25, 0.3) is 0 Å². The molecule has 0 spiro atoms. The van der Waals surface area contributed by atoms with E-state index >= 15 is 0 Å². The summed E-state index contributed by atoms with van der Waals surface area (Å²) in [7, 11) is 0. The van der Waals surface area contributed by atoms with Crippen LogP contribution in [0.4, 0.5) is 5.69 Å². The lowest BCUT2D eigenvalue weighted by Crippen LogP contribution is -2.00. The molecule has 0 heterocycles. The fourth-order valence-electron chi connectivity index (χ4n) is 3.70. The number of hydrogen-bond donors (Lipinski definition) is 0. The Bertz CT molecular complexity index is 727. The molecular formula is C26H37NO3. The van der Waals surface area contributed by atoms with Crippen LogP contribution in [-0.4, -0.2) is 11.5 Å². The molecule has 0 aliphatic rings. The zero-order chi connectivity index (χ0) is 21.4. The summed E-state index contributed by atoms with van der Waals surface area (Å²) in [6.07, 6.45) is 14.8. The zero-order valence-corrected chi connectivity index (χ0v) is 18.5. The number of nitro benzene ring substituents is 1. The highest BCUT2D eigenvalue weighted by Crippen LogP contribution is 2.26. The summed E-state index contributed by atoms with van der Waals surface area (Å²) in [5.74, 6) is 0.375. The summed E-state index contributed by atoms with van der Waals surface area (Å²) in [6.45, 7) is 2.75. The van der Waals surface area contributed by atoms with Crippen molar-refractivity contribution in [1.29, 1.82) is 0 Å². The highest BCUT2D eigenvalue weighted by Gasteiger charge is 2.12. The van der Waals surface area contributed by atoms with Crippen molar-refractivity contribution in [2.45, 2.75) is 84.0 Å². The first kappa shape index (κ1) is 23.9. The fourth-order valence-corrected chi connectivity index (χ4v) is 3.70. The van der Waals surface area contributed by atoms with E-state index in [-0.39, 0.29) is 10.6 Å². The largest absolute Gasteiger partial charge is 0.487 e. The quantitative estimate of drug-likeness (QED) is 0.162. The minimum Gasteiger partial charge on any atom is -0.487 e. The second-order valence-electron chi connectivity index (χ2n) is 8.03. The Kier molecular flexibility index (Phi) is 11.6. The summed E-state index contributed by atoms with van der Waals surface area (Å²) >= 11 is 0. The van der Waals surface area contributed by atoms with Crippen molar-refractivity contribution in [2.24, 2.45) is 0 Å². The van der Waals surface area contributed by atoms with Crippen LogP contribution < -0.4 is 4.74 Å². The van der Waals surface area contributed by atoms with Crippen LogP contribution in [0.15, 0.2) is 48.5 Å². The van der Waals surface area contributed by atoms with E-state index in [1.807, 2.05) is 0 Å². The number of nitro groups is 1. The van der Waals surface area contributed by atoms with Gasteiger partial charge < -0.3 is 4.74 Å². The SMILES string of the molecule is CCc1ccc(CCCCCCCCCCCCOc2ccccc2[N+](=O)[O-])cc1. The van der Waals surface area contributed by atoms with Gasteiger partial charge in [-0.2, -0.15) is 0 Å². The molecule has 0 radical (unpaired) electrons. The van der Waals surface area contributed by atoms with Crippen molar-refractivity contribution in [1.82, 2.24) is 0 Å². The van der Waals surface area contributed by atoms with Gasteiger partial charge in [-0.15, -0.1) is 0 Å².